The van der Waals surface area contributed by atoms with Gasteiger partial charge in [0.1, 0.15) is 5.75 Å². The van der Waals surface area contributed by atoms with Crippen LogP contribution in [0.1, 0.15) is 17.3 Å². The first-order valence-electron chi connectivity index (χ1n) is 9.19. The monoisotopic (exact) mass is 444 g/mol. The lowest BCUT2D eigenvalue weighted by Gasteiger charge is -2.23. The SMILES string of the molecule is CCN(c1ccccc1)S(=O)(=O)c1cccc(C(=O)Nc2ccc(OC)c(Cl)c2)c1. The molecule has 0 saturated carbocycles. The highest BCUT2D eigenvalue weighted by Gasteiger charge is 2.24. The second-order valence-electron chi connectivity index (χ2n) is 6.34. The van der Waals surface area contributed by atoms with Gasteiger partial charge in [-0.1, -0.05) is 35.9 Å². The number of para-hydroxylation sites is 1. The number of amides is 1. The van der Waals surface area contributed by atoms with E-state index < -0.39 is 15.9 Å². The average Bonchev–Trinajstić information content (AvgIpc) is 2.75. The smallest absolute Gasteiger partial charge is 0.264 e. The normalized spacial score (nSPS) is 11.0. The molecule has 6 nitrogen and oxygen atoms in total. The Morgan fingerprint density at radius 3 is 2.40 bits per heavy atom. The van der Waals surface area contributed by atoms with Crippen LogP contribution in [-0.4, -0.2) is 28.0 Å². The van der Waals surface area contributed by atoms with Crippen molar-refractivity contribution < 1.29 is 17.9 Å². The van der Waals surface area contributed by atoms with Crippen LogP contribution in [-0.2, 0) is 10.0 Å². The van der Waals surface area contributed by atoms with Crippen molar-refractivity contribution in [3.63, 3.8) is 0 Å². The molecule has 0 aromatic heterocycles. The Labute approximate surface area is 181 Å². The van der Waals surface area contributed by atoms with Crippen LogP contribution in [0.4, 0.5) is 11.4 Å². The zero-order valence-corrected chi connectivity index (χ0v) is 18.1. The number of hydrogen-bond donors (Lipinski definition) is 1. The minimum absolute atomic E-state index is 0.0358. The van der Waals surface area contributed by atoms with Gasteiger partial charge in [0, 0.05) is 17.8 Å². The first kappa shape index (κ1) is 21.7. The molecule has 1 N–H and O–H groups in total. The fourth-order valence-corrected chi connectivity index (χ4v) is 4.74. The third-order valence-electron chi connectivity index (χ3n) is 4.43. The molecular weight excluding hydrogens is 424 g/mol. The molecule has 156 valence electrons. The van der Waals surface area contributed by atoms with Gasteiger partial charge >= 0.3 is 0 Å². The Bertz CT molecular complexity index is 1150. The second kappa shape index (κ2) is 9.19. The number of halogens is 1. The molecule has 3 rings (SSSR count). The molecule has 0 spiro atoms. The number of nitrogens with one attached hydrogen (secondary N) is 1. The minimum Gasteiger partial charge on any atom is -0.495 e. The van der Waals surface area contributed by atoms with E-state index in [9.17, 15) is 13.2 Å². The number of hydrogen-bond acceptors (Lipinski definition) is 4. The first-order valence-corrected chi connectivity index (χ1v) is 11.0. The Hall–Kier alpha value is -3.03. The molecule has 0 bridgehead atoms. The van der Waals surface area contributed by atoms with E-state index in [1.54, 1.807) is 61.5 Å². The predicted octanol–water partition coefficient (Wildman–Crippen LogP) is 4.82. The summed E-state index contributed by atoms with van der Waals surface area (Å²) in [6, 6.07) is 19.6. The average molecular weight is 445 g/mol. The summed E-state index contributed by atoms with van der Waals surface area (Å²) in [5.74, 6) is 0.0411. The van der Waals surface area contributed by atoms with Gasteiger partial charge in [-0.3, -0.25) is 9.10 Å². The molecule has 0 fully saturated rings. The van der Waals surface area contributed by atoms with E-state index in [0.29, 0.717) is 22.1 Å². The number of sulfonamides is 1. The van der Waals surface area contributed by atoms with Gasteiger partial charge in [-0.2, -0.15) is 0 Å². The van der Waals surface area contributed by atoms with E-state index in [-0.39, 0.29) is 17.0 Å². The van der Waals surface area contributed by atoms with Crippen molar-refractivity contribution in [2.24, 2.45) is 0 Å². The van der Waals surface area contributed by atoms with E-state index in [2.05, 4.69) is 5.32 Å². The number of benzene rings is 3. The maximum Gasteiger partial charge on any atom is 0.264 e. The minimum atomic E-state index is -3.83. The summed E-state index contributed by atoms with van der Waals surface area (Å²) in [6.45, 7) is 2.02. The Balaban J connectivity index is 1.88. The molecule has 0 radical (unpaired) electrons. The van der Waals surface area contributed by atoms with Crippen LogP contribution in [0.3, 0.4) is 0 Å². The lowest BCUT2D eigenvalue weighted by molar-refractivity contribution is 0.102. The number of carbonyl (C=O) groups is 1. The van der Waals surface area contributed by atoms with Gasteiger partial charge in [-0.25, -0.2) is 8.42 Å². The van der Waals surface area contributed by atoms with Gasteiger partial charge in [0.25, 0.3) is 15.9 Å². The summed E-state index contributed by atoms with van der Waals surface area (Å²) in [4.78, 5) is 12.7. The summed E-state index contributed by atoms with van der Waals surface area (Å²) in [5.41, 5.74) is 1.24. The van der Waals surface area contributed by atoms with Gasteiger partial charge in [0.2, 0.25) is 0 Å². The van der Waals surface area contributed by atoms with Gasteiger partial charge in [0.05, 0.1) is 22.7 Å². The van der Waals surface area contributed by atoms with Gasteiger partial charge in [0.15, 0.2) is 0 Å². The molecule has 0 heterocycles. The zero-order chi connectivity index (χ0) is 21.7. The van der Waals surface area contributed by atoms with Crippen molar-refractivity contribution in [1.29, 1.82) is 0 Å². The number of carbonyl (C=O) groups excluding carboxylic acids is 1. The molecule has 0 aliphatic rings. The number of anilines is 2. The highest BCUT2D eigenvalue weighted by Crippen LogP contribution is 2.28. The van der Waals surface area contributed by atoms with Gasteiger partial charge in [-0.15, -0.1) is 0 Å². The highest BCUT2D eigenvalue weighted by atomic mass is 35.5. The number of methoxy groups -OCH3 is 1. The molecule has 1 amide bonds. The van der Waals surface area contributed by atoms with Crippen molar-refractivity contribution in [2.75, 3.05) is 23.3 Å². The number of ether oxygens (including phenoxy) is 1. The fourth-order valence-electron chi connectivity index (χ4n) is 2.96. The zero-order valence-electron chi connectivity index (χ0n) is 16.5. The molecule has 0 atom stereocenters. The van der Waals surface area contributed by atoms with Crippen molar-refractivity contribution in [3.05, 3.63) is 83.4 Å². The maximum atomic E-state index is 13.2. The van der Waals surface area contributed by atoms with E-state index in [0.717, 1.165) is 0 Å². The molecule has 0 saturated heterocycles. The standard InChI is InChI=1S/C22H21ClN2O4S/c1-3-25(18-9-5-4-6-10-18)30(27,28)19-11-7-8-16(14-19)22(26)24-17-12-13-21(29-2)20(23)15-17/h4-15H,3H2,1-2H3,(H,24,26). The second-order valence-corrected chi connectivity index (χ2v) is 8.61. The van der Waals surface area contributed by atoms with Crippen molar-refractivity contribution >= 4 is 38.9 Å². The van der Waals surface area contributed by atoms with Crippen LogP contribution < -0.4 is 14.4 Å². The van der Waals surface area contributed by atoms with Gasteiger partial charge < -0.3 is 10.1 Å². The third kappa shape index (κ3) is 4.58. The van der Waals surface area contributed by atoms with Crippen molar-refractivity contribution in [1.82, 2.24) is 0 Å². The van der Waals surface area contributed by atoms with E-state index in [1.807, 2.05) is 6.07 Å². The molecular formula is C22H21ClN2O4S. The Morgan fingerprint density at radius 1 is 1.03 bits per heavy atom. The van der Waals surface area contributed by atoms with Crippen molar-refractivity contribution in [3.8, 4) is 5.75 Å². The van der Waals surface area contributed by atoms with Crippen LogP contribution in [0.25, 0.3) is 0 Å². The van der Waals surface area contributed by atoms with E-state index in [1.165, 1.54) is 23.5 Å². The predicted molar refractivity (Wildman–Crippen MR) is 119 cm³/mol. The van der Waals surface area contributed by atoms with Crippen molar-refractivity contribution in [2.45, 2.75) is 11.8 Å². The summed E-state index contributed by atoms with van der Waals surface area (Å²) < 4.78 is 32.7. The Kier molecular flexibility index (Phi) is 6.64. The van der Waals surface area contributed by atoms with E-state index >= 15 is 0 Å². The lowest BCUT2D eigenvalue weighted by atomic mass is 10.2. The lowest BCUT2D eigenvalue weighted by Crippen LogP contribution is -2.30. The number of rotatable bonds is 7. The quantitative estimate of drug-likeness (QED) is 0.567. The largest absolute Gasteiger partial charge is 0.495 e. The molecule has 3 aromatic carbocycles. The van der Waals surface area contributed by atoms with Gasteiger partial charge in [-0.05, 0) is 55.5 Å². The Morgan fingerprint density at radius 2 is 1.77 bits per heavy atom. The number of nitrogens with zero attached hydrogens (tertiary/aromatic N) is 1. The molecule has 30 heavy (non-hydrogen) atoms. The topological polar surface area (TPSA) is 75.7 Å². The molecule has 0 aliphatic carbocycles. The summed E-state index contributed by atoms with van der Waals surface area (Å²) in [5, 5.41) is 3.07. The summed E-state index contributed by atoms with van der Waals surface area (Å²) in [6.07, 6.45) is 0. The third-order valence-corrected chi connectivity index (χ3v) is 6.62. The molecule has 3 aromatic rings. The van der Waals surface area contributed by atoms with Crippen LogP contribution in [0.5, 0.6) is 5.75 Å². The summed E-state index contributed by atoms with van der Waals surface area (Å²) >= 11 is 6.09. The van der Waals surface area contributed by atoms with Crippen LogP contribution in [0.2, 0.25) is 5.02 Å². The fraction of sp³-hybridized carbons (Fsp3) is 0.136. The molecule has 0 aliphatic heterocycles. The molecule has 0 unspecified atom stereocenters. The van der Waals surface area contributed by atoms with E-state index in [4.69, 9.17) is 16.3 Å². The molecule has 8 heteroatoms. The first-order chi connectivity index (χ1) is 14.4. The van der Waals surface area contributed by atoms with Crippen LogP contribution in [0.15, 0.2) is 77.7 Å². The van der Waals surface area contributed by atoms with Crippen LogP contribution in [0, 0.1) is 0 Å². The summed E-state index contributed by atoms with van der Waals surface area (Å²) in [7, 11) is -2.33. The highest BCUT2D eigenvalue weighted by molar-refractivity contribution is 7.92. The maximum absolute atomic E-state index is 13.2. The van der Waals surface area contributed by atoms with Crippen LogP contribution >= 0.6 is 11.6 Å².